The standard InChI is InChI=1S/C13H17NO3/c1-14-8-4-3-5-11-10(9-15)6-7-12(17-2)13(11)16/h3,5-7,9,14,16H,4,8H2,1-2H3. The molecule has 0 radical (unpaired) electrons. The third kappa shape index (κ3) is 3.32. The van der Waals surface area contributed by atoms with Gasteiger partial charge in [-0.2, -0.15) is 0 Å². The molecule has 0 amide bonds. The van der Waals surface area contributed by atoms with Crippen molar-refractivity contribution in [2.75, 3.05) is 20.7 Å². The van der Waals surface area contributed by atoms with Crippen molar-refractivity contribution in [2.45, 2.75) is 6.42 Å². The second-order valence-electron chi connectivity index (χ2n) is 3.53. The van der Waals surface area contributed by atoms with Gasteiger partial charge in [0.05, 0.1) is 7.11 Å². The van der Waals surface area contributed by atoms with Crippen LogP contribution in [0.4, 0.5) is 0 Å². The van der Waals surface area contributed by atoms with E-state index in [2.05, 4.69) is 5.32 Å². The minimum absolute atomic E-state index is 0.00203. The second-order valence-corrected chi connectivity index (χ2v) is 3.53. The van der Waals surface area contributed by atoms with Gasteiger partial charge < -0.3 is 15.2 Å². The average Bonchev–Trinajstić information content (AvgIpc) is 2.36. The van der Waals surface area contributed by atoms with Crippen LogP contribution in [-0.2, 0) is 0 Å². The fourth-order valence-electron chi connectivity index (χ4n) is 1.48. The number of rotatable bonds is 6. The Hall–Kier alpha value is -1.81. The van der Waals surface area contributed by atoms with Crippen LogP contribution < -0.4 is 10.1 Å². The molecule has 0 fully saturated rings. The van der Waals surface area contributed by atoms with Crippen LogP contribution in [0, 0.1) is 0 Å². The third-order valence-corrected chi connectivity index (χ3v) is 2.41. The quantitative estimate of drug-likeness (QED) is 0.583. The SMILES string of the molecule is CNCCC=Cc1c(C=O)ccc(OC)c1O. The summed E-state index contributed by atoms with van der Waals surface area (Å²) in [7, 11) is 3.35. The summed E-state index contributed by atoms with van der Waals surface area (Å²) in [5.41, 5.74) is 0.944. The van der Waals surface area contributed by atoms with Crippen LogP contribution in [-0.4, -0.2) is 32.1 Å². The van der Waals surface area contributed by atoms with Crippen molar-refractivity contribution < 1.29 is 14.6 Å². The molecular weight excluding hydrogens is 218 g/mol. The fourth-order valence-corrected chi connectivity index (χ4v) is 1.48. The van der Waals surface area contributed by atoms with E-state index in [4.69, 9.17) is 4.74 Å². The molecule has 0 unspecified atom stereocenters. The van der Waals surface area contributed by atoms with E-state index in [0.29, 0.717) is 16.9 Å². The van der Waals surface area contributed by atoms with E-state index in [1.54, 1.807) is 18.2 Å². The van der Waals surface area contributed by atoms with Gasteiger partial charge in [0, 0.05) is 11.1 Å². The average molecular weight is 235 g/mol. The van der Waals surface area contributed by atoms with E-state index < -0.39 is 0 Å². The highest BCUT2D eigenvalue weighted by molar-refractivity contribution is 5.85. The Labute approximate surface area is 101 Å². The molecule has 0 aliphatic carbocycles. The zero-order valence-corrected chi connectivity index (χ0v) is 10.1. The summed E-state index contributed by atoms with van der Waals surface area (Å²) in [4.78, 5) is 10.9. The van der Waals surface area contributed by atoms with E-state index in [9.17, 15) is 9.90 Å². The molecule has 2 N–H and O–H groups in total. The summed E-state index contributed by atoms with van der Waals surface area (Å²) in [6.07, 6.45) is 5.18. The molecule has 1 aromatic carbocycles. The molecule has 0 saturated carbocycles. The number of phenols is 1. The van der Waals surface area contributed by atoms with Gasteiger partial charge in [-0.25, -0.2) is 0 Å². The lowest BCUT2D eigenvalue weighted by atomic mass is 10.1. The molecule has 4 nitrogen and oxygen atoms in total. The van der Waals surface area contributed by atoms with Gasteiger partial charge in [-0.15, -0.1) is 0 Å². The number of phenolic OH excluding ortho intramolecular Hbond substituents is 1. The Balaban J connectivity index is 3.01. The highest BCUT2D eigenvalue weighted by Crippen LogP contribution is 2.32. The minimum Gasteiger partial charge on any atom is -0.504 e. The maximum atomic E-state index is 10.9. The van der Waals surface area contributed by atoms with Crippen molar-refractivity contribution in [2.24, 2.45) is 0 Å². The summed E-state index contributed by atoms with van der Waals surface area (Å²) in [6.45, 7) is 0.845. The Morgan fingerprint density at radius 2 is 2.24 bits per heavy atom. The number of hydrogen-bond acceptors (Lipinski definition) is 4. The van der Waals surface area contributed by atoms with Crippen molar-refractivity contribution in [3.05, 3.63) is 29.3 Å². The first kappa shape index (κ1) is 13.3. The zero-order chi connectivity index (χ0) is 12.7. The monoisotopic (exact) mass is 235 g/mol. The molecule has 0 bridgehead atoms. The number of hydrogen-bond donors (Lipinski definition) is 2. The van der Waals surface area contributed by atoms with E-state index in [-0.39, 0.29) is 5.75 Å². The third-order valence-electron chi connectivity index (χ3n) is 2.41. The van der Waals surface area contributed by atoms with Gasteiger partial charge >= 0.3 is 0 Å². The van der Waals surface area contributed by atoms with Crippen molar-refractivity contribution in [3.63, 3.8) is 0 Å². The van der Waals surface area contributed by atoms with E-state index >= 15 is 0 Å². The molecule has 0 aliphatic heterocycles. The van der Waals surface area contributed by atoms with Crippen molar-refractivity contribution in [1.82, 2.24) is 5.32 Å². The summed E-state index contributed by atoms with van der Waals surface area (Å²) >= 11 is 0. The van der Waals surface area contributed by atoms with Crippen LogP contribution in [0.1, 0.15) is 22.3 Å². The lowest BCUT2D eigenvalue weighted by Gasteiger charge is -2.08. The first-order valence-corrected chi connectivity index (χ1v) is 5.40. The lowest BCUT2D eigenvalue weighted by molar-refractivity contribution is 0.112. The molecule has 4 heteroatoms. The van der Waals surface area contributed by atoms with Gasteiger partial charge in [-0.3, -0.25) is 4.79 Å². The predicted molar refractivity (Wildman–Crippen MR) is 67.6 cm³/mol. The molecule has 0 aromatic heterocycles. The largest absolute Gasteiger partial charge is 0.504 e. The van der Waals surface area contributed by atoms with Crippen LogP contribution in [0.2, 0.25) is 0 Å². The molecule has 0 saturated heterocycles. The summed E-state index contributed by atoms with van der Waals surface area (Å²) < 4.78 is 5.00. The Morgan fingerprint density at radius 3 is 2.82 bits per heavy atom. The molecule has 1 rings (SSSR count). The van der Waals surface area contributed by atoms with Crippen molar-refractivity contribution >= 4 is 12.4 Å². The van der Waals surface area contributed by atoms with E-state index in [1.165, 1.54) is 7.11 Å². The van der Waals surface area contributed by atoms with Gasteiger partial charge in [0.15, 0.2) is 17.8 Å². The topological polar surface area (TPSA) is 58.6 Å². The first-order chi connectivity index (χ1) is 8.24. The van der Waals surface area contributed by atoms with Crippen molar-refractivity contribution in [3.8, 4) is 11.5 Å². The van der Waals surface area contributed by atoms with Gasteiger partial charge in [0.1, 0.15) is 0 Å². The molecule has 1 aromatic rings. The first-order valence-electron chi connectivity index (χ1n) is 5.40. The Bertz CT molecular complexity index is 413. The molecule has 17 heavy (non-hydrogen) atoms. The Kier molecular flexibility index (Phi) is 5.23. The number of ether oxygens (including phenoxy) is 1. The summed E-state index contributed by atoms with van der Waals surface area (Å²) in [6, 6.07) is 3.20. The second kappa shape index (κ2) is 6.70. The summed E-state index contributed by atoms with van der Waals surface area (Å²) in [5.74, 6) is 0.363. The minimum atomic E-state index is -0.00203. The summed E-state index contributed by atoms with van der Waals surface area (Å²) in [5, 5.41) is 12.9. The lowest BCUT2D eigenvalue weighted by Crippen LogP contribution is -2.05. The van der Waals surface area contributed by atoms with E-state index in [1.807, 2.05) is 13.1 Å². The maximum absolute atomic E-state index is 10.9. The van der Waals surface area contributed by atoms with Crippen molar-refractivity contribution in [1.29, 1.82) is 0 Å². The van der Waals surface area contributed by atoms with Crippen LogP contribution in [0.15, 0.2) is 18.2 Å². The number of carbonyl (C=O) groups is 1. The van der Waals surface area contributed by atoms with Gasteiger partial charge in [-0.1, -0.05) is 12.2 Å². The normalized spacial score (nSPS) is 10.7. The zero-order valence-electron chi connectivity index (χ0n) is 10.1. The predicted octanol–water partition coefficient (Wildman–Crippen LogP) is 1.84. The maximum Gasteiger partial charge on any atom is 0.165 e. The molecule has 0 spiro atoms. The van der Waals surface area contributed by atoms with E-state index in [0.717, 1.165) is 19.3 Å². The Morgan fingerprint density at radius 1 is 1.47 bits per heavy atom. The molecular formula is C13H17NO3. The number of carbonyl (C=O) groups excluding carboxylic acids is 1. The van der Waals surface area contributed by atoms with Crippen LogP contribution >= 0.6 is 0 Å². The number of methoxy groups -OCH3 is 1. The number of aromatic hydroxyl groups is 1. The molecule has 0 heterocycles. The van der Waals surface area contributed by atoms with Crippen LogP contribution in [0.5, 0.6) is 11.5 Å². The van der Waals surface area contributed by atoms with Gasteiger partial charge in [0.2, 0.25) is 0 Å². The highest BCUT2D eigenvalue weighted by atomic mass is 16.5. The number of benzene rings is 1. The van der Waals surface area contributed by atoms with Gasteiger partial charge in [0.25, 0.3) is 0 Å². The highest BCUT2D eigenvalue weighted by Gasteiger charge is 2.09. The van der Waals surface area contributed by atoms with Crippen LogP contribution in [0.3, 0.4) is 0 Å². The number of nitrogens with one attached hydrogen (secondary N) is 1. The van der Waals surface area contributed by atoms with Crippen LogP contribution in [0.25, 0.3) is 6.08 Å². The molecule has 0 aliphatic rings. The molecule has 0 atom stereocenters. The van der Waals surface area contributed by atoms with Gasteiger partial charge in [-0.05, 0) is 32.1 Å². The number of aldehydes is 1. The fraction of sp³-hybridized carbons (Fsp3) is 0.308. The smallest absolute Gasteiger partial charge is 0.165 e. The molecule has 92 valence electrons.